The number of halogens is 2. The molecule has 10 aromatic carbocycles. The van der Waals surface area contributed by atoms with E-state index in [0.29, 0.717) is 26.4 Å². The Balaban J connectivity index is 0.000000153. The molecule has 588 valence electrons. The lowest BCUT2D eigenvalue weighted by Gasteiger charge is -2.33. The normalized spacial score (nSPS) is 13.9. The van der Waals surface area contributed by atoms with Gasteiger partial charge in [-0.3, -0.25) is 0 Å². The van der Waals surface area contributed by atoms with Gasteiger partial charge in [0, 0.05) is 48.2 Å². The Morgan fingerprint density at radius 3 is 0.938 bits per heavy atom. The molecule has 2 aliphatic heterocycles. The van der Waals surface area contributed by atoms with Crippen LogP contribution in [0.1, 0.15) is 252 Å². The molecule has 0 spiro atoms. The van der Waals surface area contributed by atoms with Crippen molar-refractivity contribution in [1.29, 1.82) is 0 Å². The molecule has 0 amide bonds. The van der Waals surface area contributed by atoms with Gasteiger partial charge in [-0.15, -0.1) is 0 Å². The second-order valence-corrected chi connectivity index (χ2v) is 33.8. The number of hydrogen-bond donors (Lipinski definition) is 0. The summed E-state index contributed by atoms with van der Waals surface area (Å²) in [5, 5.41) is 0. The van der Waals surface area contributed by atoms with Gasteiger partial charge in [0.25, 0.3) is 0 Å². The summed E-state index contributed by atoms with van der Waals surface area (Å²) in [5.74, 6) is 0. The Bertz CT molecular complexity index is 4090. The Kier molecular flexibility index (Phi) is 34.1. The molecule has 14 rings (SSSR count). The smallest absolute Gasteiger partial charge is 0.405 e. The maximum Gasteiger partial charge on any atom is 0.494 e. The molecule has 10 heteroatoms. The van der Waals surface area contributed by atoms with E-state index in [0.717, 1.165) is 36.9 Å². The zero-order valence-corrected chi connectivity index (χ0v) is 72.2. The highest BCUT2D eigenvalue weighted by atomic mass is 79.9. The fourth-order valence-corrected chi connectivity index (χ4v) is 18.4. The van der Waals surface area contributed by atoms with Crippen molar-refractivity contribution in [2.75, 3.05) is 36.2 Å². The number of unbranched alkanes of at least 4 members (excludes halogenated alkanes) is 20. The van der Waals surface area contributed by atoms with Crippen molar-refractivity contribution in [2.45, 2.75) is 246 Å². The largest absolute Gasteiger partial charge is 0.494 e. The number of fused-ring (bicyclic) bond motifs is 6. The summed E-state index contributed by atoms with van der Waals surface area (Å²) in [5.41, 5.74) is 26.9. The molecule has 0 radical (unpaired) electrons. The van der Waals surface area contributed by atoms with Crippen molar-refractivity contribution in [3.05, 3.63) is 284 Å². The van der Waals surface area contributed by atoms with Crippen molar-refractivity contribution in [1.82, 2.24) is 0 Å². The fraction of sp³-hybridized carbons (Fsp3) is 0.412. The molecule has 2 fully saturated rings. The average molecular weight is 1630 g/mol. The Morgan fingerprint density at radius 2 is 0.589 bits per heavy atom. The standard InChI is InChI=1S/C33H48B2O4.C31H46.C20H19N.C18H13Br2N/c1-3-5-7-9-11-13-19-33(20-14-12-10-8-6-4-2)31-25-27(34-36-21-22-37-34)15-17-29(31)30-18-16-28(26-32(30)33)35-38-23-24-39-35;1-5-7-9-11-13-15-21-31(22-16-14-12-10-8-6-2)29-23-25(3)17-19-27(29)28-20-18-26(4)24-30(28)31;1-16-13-14-17(2)20(15-16)21(18-9-5-3-6-10-18)19-11-7-4-8-12-19;19-14-11-12-17(20)18(13-14)21(15-7-3-1-4-8-15)16-9-5-2-6-10-16/h15-18,25-26H,3-14,19-24H2,1-2H3;17-20,23-24H,5-16,21-22H2,1-4H3;3-15H,1-2H3;1-13H. The van der Waals surface area contributed by atoms with Gasteiger partial charge in [-0.25, -0.2) is 0 Å². The number of rotatable bonds is 36. The molecule has 10 aromatic rings. The number of para-hydroxylation sites is 4. The highest BCUT2D eigenvalue weighted by molar-refractivity contribution is 9.11. The van der Waals surface area contributed by atoms with Crippen molar-refractivity contribution in [2.24, 2.45) is 0 Å². The predicted molar refractivity (Wildman–Crippen MR) is 488 cm³/mol. The first kappa shape index (κ1) is 85.6. The predicted octanol–water partition coefficient (Wildman–Crippen LogP) is 29.5. The summed E-state index contributed by atoms with van der Waals surface area (Å²) in [6, 6.07) is 83.0. The monoisotopic (exact) mass is 1620 g/mol. The first-order chi connectivity index (χ1) is 54.9. The van der Waals surface area contributed by atoms with Crippen LogP contribution in [-0.4, -0.2) is 40.7 Å². The van der Waals surface area contributed by atoms with Gasteiger partial charge >= 0.3 is 14.2 Å². The minimum atomic E-state index is -0.240. The van der Waals surface area contributed by atoms with Crippen LogP contribution in [0.4, 0.5) is 34.1 Å². The quantitative estimate of drug-likeness (QED) is 0.0288. The van der Waals surface area contributed by atoms with Crippen LogP contribution in [0, 0.1) is 27.7 Å². The van der Waals surface area contributed by atoms with Crippen LogP contribution < -0.4 is 20.7 Å². The maximum atomic E-state index is 5.95. The zero-order chi connectivity index (χ0) is 78.3. The Morgan fingerprint density at radius 1 is 0.295 bits per heavy atom. The molecule has 0 saturated carbocycles. The molecule has 112 heavy (non-hydrogen) atoms. The van der Waals surface area contributed by atoms with E-state index in [1.807, 2.05) is 18.2 Å². The maximum absolute atomic E-state index is 5.95. The van der Waals surface area contributed by atoms with E-state index in [1.165, 1.54) is 252 Å². The van der Waals surface area contributed by atoms with Crippen LogP contribution in [0.3, 0.4) is 0 Å². The average Bonchev–Trinajstić information content (AvgIpc) is 1.57. The summed E-state index contributed by atoms with van der Waals surface area (Å²) in [4.78, 5) is 4.54. The van der Waals surface area contributed by atoms with E-state index in [9.17, 15) is 0 Å². The molecule has 0 bridgehead atoms. The first-order valence-electron chi connectivity index (χ1n) is 43.2. The SMILES string of the molecule is Brc1ccc(Br)c(N(c2ccccc2)c2ccccc2)c1.CCCCCCCCC1(CCCCCCCC)c2cc(B3OCCO3)ccc2-c2ccc(B3OCCO3)cc21.CCCCCCCCC1(CCCCCCCC)c2cc(C)ccc2-c2ccc(C)cc21.Cc1ccc(C)c(N(c2ccccc2)c2ccccc2)c1. The van der Waals surface area contributed by atoms with E-state index in [2.05, 4.69) is 309 Å². The molecule has 6 nitrogen and oxygen atoms in total. The van der Waals surface area contributed by atoms with Crippen molar-refractivity contribution >= 4 is 91.1 Å². The highest BCUT2D eigenvalue weighted by Gasteiger charge is 2.45. The first-order valence-corrected chi connectivity index (χ1v) is 44.8. The molecule has 2 heterocycles. The van der Waals surface area contributed by atoms with Gasteiger partial charge in [0.05, 0.1) is 32.1 Å². The zero-order valence-electron chi connectivity index (χ0n) is 69.0. The van der Waals surface area contributed by atoms with Gasteiger partial charge in [0.1, 0.15) is 0 Å². The number of aryl methyl sites for hydroxylation is 4. The lowest BCUT2D eigenvalue weighted by Crippen LogP contribution is -2.35. The van der Waals surface area contributed by atoms with Gasteiger partial charge < -0.3 is 28.4 Å². The minimum absolute atomic E-state index is 0.0173. The topological polar surface area (TPSA) is 43.4 Å². The van der Waals surface area contributed by atoms with E-state index >= 15 is 0 Å². The van der Waals surface area contributed by atoms with Gasteiger partial charge in [0.2, 0.25) is 0 Å². The van der Waals surface area contributed by atoms with Gasteiger partial charge in [-0.1, -0.05) is 367 Å². The van der Waals surface area contributed by atoms with Gasteiger partial charge in [0.15, 0.2) is 0 Å². The van der Waals surface area contributed by atoms with Crippen LogP contribution in [0.15, 0.2) is 239 Å². The van der Waals surface area contributed by atoms with E-state index in [4.69, 9.17) is 18.6 Å². The summed E-state index contributed by atoms with van der Waals surface area (Å²) in [7, 11) is -0.480. The van der Waals surface area contributed by atoms with Crippen molar-refractivity contribution < 1.29 is 18.6 Å². The second-order valence-electron chi connectivity index (χ2n) is 32.0. The van der Waals surface area contributed by atoms with Crippen molar-refractivity contribution in [3.8, 4) is 22.3 Å². The molecule has 0 N–H and O–H groups in total. The number of hydrogen-bond acceptors (Lipinski definition) is 6. The van der Waals surface area contributed by atoms with Crippen molar-refractivity contribution in [3.63, 3.8) is 0 Å². The third-order valence-electron chi connectivity index (χ3n) is 23.5. The third kappa shape index (κ3) is 22.6. The molecule has 0 aromatic heterocycles. The molecule has 0 atom stereocenters. The van der Waals surface area contributed by atoms with Crippen LogP contribution in [0.5, 0.6) is 0 Å². The molecular formula is C102H126B2Br2N2O4. The van der Waals surface area contributed by atoms with E-state index in [-0.39, 0.29) is 25.1 Å². The molecular weight excluding hydrogens is 1500 g/mol. The van der Waals surface area contributed by atoms with Crippen LogP contribution in [0.2, 0.25) is 0 Å². The molecule has 2 aliphatic carbocycles. The van der Waals surface area contributed by atoms with E-state index < -0.39 is 0 Å². The number of nitrogens with zero attached hydrogens (tertiary/aromatic N) is 2. The van der Waals surface area contributed by atoms with E-state index in [1.54, 1.807) is 11.1 Å². The fourth-order valence-electron chi connectivity index (χ4n) is 17.6. The summed E-state index contributed by atoms with van der Waals surface area (Å²) < 4.78 is 25.9. The lowest BCUT2D eigenvalue weighted by molar-refractivity contribution is 0.365. The lowest BCUT2D eigenvalue weighted by atomic mass is 9.67. The van der Waals surface area contributed by atoms with Gasteiger partial charge in [-0.05, 0) is 209 Å². The number of benzene rings is 10. The second kappa shape index (κ2) is 44.6. The summed E-state index contributed by atoms with van der Waals surface area (Å²) in [6.45, 7) is 20.8. The Labute approximate surface area is 693 Å². The summed E-state index contributed by atoms with van der Waals surface area (Å²) >= 11 is 7.23. The van der Waals surface area contributed by atoms with Gasteiger partial charge in [-0.2, -0.15) is 0 Å². The summed E-state index contributed by atoms with van der Waals surface area (Å²) in [6.07, 6.45) is 37.5. The number of anilines is 6. The van der Waals surface area contributed by atoms with Crippen LogP contribution >= 0.6 is 31.9 Å². The third-order valence-corrected chi connectivity index (χ3v) is 24.7. The Hall–Kier alpha value is -7.27. The molecule has 0 unspecified atom stereocenters. The molecule has 2 saturated heterocycles. The minimum Gasteiger partial charge on any atom is -0.405 e. The van der Waals surface area contributed by atoms with Crippen LogP contribution in [-0.2, 0) is 29.4 Å². The highest BCUT2D eigenvalue weighted by Crippen LogP contribution is 2.56. The molecule has 4 aliphatic rings. The van der Waals surface area contributed by atoms with Crippen LogP contribution in [0.25, 0.3) is 22.3 Å².